The quantitative estimate of drug-likeness (QED) is 0.872. The topological polar surface area (TPSA) is 64.0 Å². The average Bonchev–Trinajstić information content (AvgIpc) is 2.66. The number of piperidine rings is 1. The van der Waals surface area contributed by atoms with E-state index in [-0.39, 0.29) is 12.0 Å². The molecule has 2 aliphatic heterocycles. The minimum Gasteiger partial charge on any atom is -0.465 e. The van der Waals surface area contributed by atoms with Gasteiger partial charge in [0, 0.05) is 32.1 Å². The molecule has 142 valence electrons. The van der Waals surface area contributed by atoms with Gasteiger partial charge in [-0.15, -0.1) is 0 Å². The zero-order valence-electron chi connectivity index (χ0n) is 15.4. The molecule has 0 radical (unpaired) electrons. The maximum absolute atomic E-state index is 11.1. The summed E-state index contributed by atoms with van der Waals surface area (Å²) in [6.07, 6.45) is 0.165. The summed E-state index contributed by atoms with van der Waals surface area (Å²) in [6, 6.07) is 21.1. The summed E-state index contributed by atoms with van der Waals surface area (Å²) >= 11 is 0. The van der Waals surface area contributed by atoms with Crippen molar-refractivity contribution in [2.75, 3.05) is 26.2 Å². The molecule has 5 nitrogen and oxygen atoms in total. The van der Waals surface area contributed by atoms with Crippen LogP contribution < -0.4 is 0 Å². The van der Waals surface area contributed by atoms with E-state index < -0.39 is 11.7 Å². The molecule has 0 spiro atoms. The van der Waals surface area contributed by atoms with E-state index in [1.807, 2.05) is 12.1 Å². The molecule has 1 amide bonds. The van der Waals surface area contributed by atoms with Crippen LogP contribution >= 0.6 is 0 Å². The van der Waals surface area contributed by atoms with Crippen LogP contribution in [0.4, 0.5) is 4.79 Å². The molecule has 2 heterocycles. The Morgan fingerprint density at radius 3 is 1.85 bits per heavy atom. The lowest BCUT2D eigenvalue weighted by Crippen LogP contribution is -2.61. The largest absolute Gasteiger partial charge is 0.465 e. The number of amides is 1. The lowest BCUT2D eigenvalue weighted by atomic mass is 9.74. The summed E-state index contributed by atoms with van der Waals surface area (Å²) in [6.45, 7) is 2.50. The van der Waals surface area contributed by atoms with Crippen LogP contribution in [-0.4, -0.2) is 57.9 Å². The third-order valence-corrected chi connectivity index (χ3v) is 6.17. The number of hydrogen-bond acceptors (Lipinski definition) is 3. The Morgan fingerprint density at radius 2 is 1.41 bits per heavy atom. The van der Waals surface area contributed by atoms with Crippen LogP contribution in [0.2, 0.25) is 0 Å². The zero-order chi connectivity index (χ0) is 18.9. The van der Waals surface area contributed by atoms with Gasteiger partial charge in [-0.3, -0.25) is 4.90 Å². The second-order valence-electron chi connectivity index (χ2n) is 7.75. The van der Waals surface area contributed by atoms with E-state index in [9.17, 15) is 9.90 Å². The van der Waals surface area contributed by atoms with Gasteiger partial charge in [-0.25, -0.2) is 4.79 Å². The number of carboxylic acid groups (broad SMARTS) is 1. The fourth-order valence-corrected chi connectivity index (χ4v) is 4.44. The van der Waals surface area contributed by atoms with Crippen molar-refractivity contribution in [3.63, 3.8) is 0 Å². The van der Waals surface area contributed by atoms with E-state index in [1.165, 1.54) is 16.0 Å². The Kier molecular flexibility index (Phi) is 4.89. The van der Waals surface area contributed by atoms with E-state index in [4.69, 9.17) is 5.11 Å². The molecule has 4 rings (SSSR count). The van der Waals surface area contributed by atoms with Crippen molar-refractivity contribution >= 4 is 6.09 Å². The fourth-order valence-electron chi connectivity index (χ4n) is 4.44. The maximum Gasteiger partial charge on any atom is 0.407 e. The molecule has 2 aliphatic rings. The summed E-state index contributed by atoms with van der Waals surface area (Å²) in [7, 11) is 0. The molecule has 0 atom stereocenters. The van der Waals surface area contributed by atoms with E-state index in [2.05, 4.69) is 53.4 Å². The highest BCUT2D eigenvalue weighted by molar-refractivity contribution is 5.65. The second-order valence-corrected chi connectivity index (χ2v) is 7.75. The Balaban J connectivity index is 1.47. The summed E-state index contributed by atoms with van der Waals surface area (Å²) in [4.78, 5) is 14.9. The smallest absolute Gasteiger partial charge is 0.407 e. The first kappa shape index (κ1) is 18.0. The summed E-state index contributed by atoms with van der Waals surface area (Å²) < 4.78 is 0. The third-order valence-electron chi connectivity index (χ3n) is 6.17. The number of hydrogen-bond donors (Lipinski definition) is 2. The molecule has 5 heteroatoms. The minimum atomic E-state index is -0.888. The van der Waals surface area contributed by atoms with Crippen LogP contribution in [0.15, 0.2) is 60.7 Å². The van der Waals surface area contributed by atoms with Crippen molar-refractivity contribution in [2.24, 2.45) is 5.92 Å². The van der Waals surface area contributed by atoms with Crippen LogP contribution in [0.5, 0.6) is 0 Å². The number of benzene rings is 2. The number of likely N-dealkylation sites (tertiary alicyclic amines) is 2. The summed E-state index contributed by atoms with van der Waals surface area (Å²) in [5.74, 6) is 0.198. The monoisotopic (exact) mass is 366 g/mol. The molecule has 0 aliphatic carbocycles. The van der Waals surface area contributed by atoms with Crippen molar-refractivity contribution in [3.05, 3.63) is 71.8 Å². The predicted molar refractivity (Wildman–Crippen MR) is 104 cm³/mol. The standard InChI is InChI=1S/C22H26N2O3/c25-21(26)23-13-11-22(27,12-14-23)19-15-24(16-19)20(17-7-3-1-4-8-17)18-9-5-2-6-10-18/h1-10,19-20,27H,11-16H2,(H,25,26). The first-order chi connectivity index (χ1) is 13.1. The van der Waals surface area contributed by atoms with Gasteiger partial charge in [-0.05, 0) is 24.0 Å². The number of aliphatic hydroxyl groups is 1. The molecule has 2 aromatic carbocycles. The minimum absolute atomic E-state index is 0.186. The van der Waals surface area contributed by atoms with Gasteiger partial charge in [0.15, 0.2) is 0 Å². The normalized spacial score (nSPS) is 20.4. The lowest BCUT2D eigenvalue weighted by molar-refractivity contribution is -0.120. The van der Waals surface area contributed by atoms with E-state index in [0.717, 1.165) is 13.1 Å². The highest BCUT2D eigenvalue weighted by atomic mass is 16.4. The van der Waals surface area contributed by atoms with Crippen LogP contribution in [0.3, 0.4) is 0 Å². The van der Waals surface area contributed by atoms with E-state index >= 15 is 0 Å². The molecule has 2 aromatic rings. The van der Waals surface area contributed by atoms with Crippen molar-refractivity contribution in [1.29, 1.82) is 0 Å². The molecule has 0 saturated carbocycles. The van der Waals surface area contributed by atoms with Gasteiger partial charge in [0.05, 0.1) is 11.6 Å². The van der Waals surface area contributed by atoms with Crippen molar-refractivity contribution in [3.8, 4) is 0 Å². The Labute approximate surface area is 159 Å². The molecule has 2 N–H and O–H groups in total. The lowest BCUT2D eigenvalue weighted by Gasteiger charge is -2.53. The Morgan fingerprint density at radius 1 is 0.926 bits per heavy atom. The SMILES string of the molecule is O=C(O)N1CCC(O)(C2CN(C(c3ccccc3)c3ccccc3)C2)CC1. The van der Waals surface area contributed by atoms with Crippen molar-refractivity contribution < 1.29 is 15.0 Å². The second kappa shape index (κ2) is 7.33. The number of nitrogens with zero attached hydrogens (tertiary/aromatic N) is 2. The van der Waals surface area contributed by atoms with Gasteiger partial charge < -0.3 is 15.1 Å². The molecule has 0 bridgehead atoms. The third kappa shape index (κ3) is 3.57. The molecular formula is C22H26N2O3. The first-order valence-electron chi connectivity index (χ1n) is 9.61. The van der Waals surface area contributed by atoms with Gasteiger partial charge >= 0.3 is 6.09 Å². The van der Waals surface area contributed by atoms with Crippen LogP contribution in [0.25, 0.3) is 0 Å². The first-order valence-corrected chi connectivity index (χ1v) is 9.61. The summed E-state index contributed by atoms with van der Waals surface area (Å²) in [5, 5.41) is 20.2. The zero-order valence-corrected chi connectivity index (χ0v) is 15.4. The maximum atomic E-state index is 11.1. The molecule has 2 saturated heterocycles. The number of carbonyl (C=O) groups is 1. The molecule has 0 aromatic heterocycles. The van der Waals surface area contributed by atoms with Gasteiger partial charge in [0.2, 0.25) is 0 Å². The predicted octanol–water partition coefficient (Wildman–Crippen LogP) is 3.21. The van der Waals surface area contributed by atoms with Gasteiger partial charge in [0.1, 0.15) is 0 Å². The molecule has 0 unspecified atom stereocenters. The van der Waals surface area contributed by atoms with Gasteiger partial charge in [-0.2, -0.15) is 0 Å². The fraction of sp³-hybridized carbons (Fsp3) is 0.409. The van der Waals surface area contributed by atoms with Crippen molar-refractivity contribution in [2.45, 2.75) is 24.5 Å². The molecule has 27 heavy (non-hydrogen) atoms. The summed E-state index contributed by atoms with van der Waals surface area (Å²) in [5.41, 5.74) is 1.77. The van der Waals surface area contributed by atoms with Crippen LogP contribution in [-0.2, 0) is 0 Å². The van der Waals surface area contributed by atoms with Crippen molar-refractivity contribution in [1.82, 2.24) is 9.80 Å². The van der Waals surface area contributed by atoms with Crippen LogP contribution in [0, 0.1) is 5.92 Å². The van der Waals surface area contributed by atoms with Gasteiger partial charge in [0.25, 0.3) is 0 Å². The Bertz CT molecular complexity index is 727. The number of rotatable bonds is 4. The van der Waals surface area contributed by atoms with Crippen LogP contribution in [0.1, 0.15) is 30.0 Å². The Hall–Kier alpha value is -2.37. The van der Waals surface area contributed by atoms with E-state index in [0.29, 0.717) is 25.9 Å². The highest BCUT2D eigenvalue weighted by Crippen LogP contribution is 2.41. The van der Waals surface area contributed by atoms with Gasteiger partial charge in [-0.1, -0.05) is 60.7 Å². The van der Waals surface area contributed by atoms with E-state index in [1.54, 1.807) is 0 Å². The molecule has 2 fully saturated rings. The molecular weight excluding hydrogens is 340 g/mol. The highest BCUT2D eigenvalue weighted by Gasteiger charge is 2.47. The average molecular weight is 366 g/mol.